The van der Waals surface area contributed by atoms with Crippen LogP contribution in [0.5, 0.6) is 17.2 Å². The highest BCUT2D eigenvalue weighted by Gasteiger charge is 2.47. The molecule has 1 amide bonds. The molecule has 1 aliphatic carbocycles. The SMILES string of the molecule is COc1cc(C2(NC(=O)c3cc(OCCN(C)C)ccc3OC)CC2)c2cccnc2c1. The number of carbonyl (C=O) groups excluding carboxylic acids is 1. The average Bonchev–Trinajstić information content (AvgIpc) is 3.58. The molecule has 0 spiro atoms. The van der Waals surface area contributed by atoms with Crippen LogP contribution in [-0.4, -0.2) is 57.3 Å². The summed E-state index contributed by atoms with van der Waals surface area (Å²) in [5.41, 5.74) is 1.85. The van der Waals surface area contributed by atoms with E-state index in [2.05, 4.69) is 10.3 Å². The highest BCUT2D eigenvalue weighted by molar-refractivity contribution is 5.98. The second-order valence-corrected chi connectivity index (χ2v) is 8.30. The summed E-state index contributed by atoms with van der Waals surface area (Å²) in [6.07, 6.45) is 3.45. The van der Waals surface area contributed by atoms with Crippen molar-refractivity contribution in [2.45, 2.75) is 18.4 Å². The normalized spacial score (nSPS) is 14.3. The third-order valence-electron chi connectivity index (χ3n) is 5.77. The maximum Gasteiger partial charge on any atom is 0.255 e. The van der Waals surface area contributed by atoms with Crippen LogP contribution in [-0.2, 0) is 5.54 Å². The van der Waals surface area contributed by atoms with Gasteiger partial charge in [-0.2, -0.15) is 0 Å². The Morgan fingerprint density at radius 3 is 2.59 bits per heavy atom. The van der Waals surface area contributed by atoms with Crippen molar-refractivity contribution in [2.24, 2.45) is 0 Å². The van der Waals surface area contributed by atoms with Crippen LogP contribution >= 0.6 is 0 Å². The van der Waals surface area contributed by atoms with Gasteiger partial charge in [0.05, 0.1) is 30.8 Å². The van der Waals surface area contributed by atoms with Crippen LogP contribution in [0.4, 0.5) is 0 Å². The van der Waals surface area contributed by atoms with Crippen LogP contribution in [0, 0.1) is 0 Å². The number of benzene rings is 2. The molecule has 1 fully saturated rings. The number of ether oxygens (including phenoxy) is 3. The molecule has 3 aromatic rings. The fourth-order valence-electron chi connectivity index (χ4n) is 3.84. The lowest BCUT2D eigenvalue weighted by molar-refractivity contribution is 0.0927. The van der Waals surface area contributed by atoms with Gasteiger partial charge in [0, 0.05) is 24.2 Å². The molecule has 0 aliphatic heterocycles. The Kier molecular flexibility index (Phi) is 6.19. The third kappa shape index (κ3) is 4.48. The number of hydrogen-bond acceptors (Lipinski definition) is 6. The lowest BCUT2D eigenvalue weighted by Gasteiger charge is -2.22. The maximum atomic E-state index is 13.4. The monoisotopic (exact) mass is 435 g/mol. The van der Waals surface area contributed by atoms with Crippen LogP contribution in [0.2, 0.25) is 0 Å². The lowest BCUT2D eigenvalue weighted by Crippen LogP contribution is -2.35. The van der Waals surface area contributed by atoms with Crippen molar-refractivity contribution in [1.29, 1.82) is 0 Å². The highest BCUT2D eigenvalue weighted by atomic mass is 16.5. The average molecular weight is 436 g/mol. The fourth-order valence-corrected chi connectivity index (χ4v) is 3.84. The number of fused-ring (bicyclic) bond motifs is 1. The first-order chi connectivity index (χ1) is 15.5. The molecule has 7 nitrogen and oxygen atoms in total. The topological polar surface area (TPSA) is 72.9 Å². The predicted octanol–water partition coefficient (Wildman–Crippen LogP) is 3.61. The van der Waals surface area contributed by atoms with Crippen molar-refractivity contribution in [3.63, 3.8) is 0 Å². The number of likely N-dealkylation sites (N-methyl/N-ethyl adjacent to an activating group) is 1. The molecular weight excluding hydrogens is 406 g/mol. The zero-order chi connectivity index (χ0) is 22.7. The van der Waals surface area contributed by atoms with Crippen LogP contribution in [0.15, 0.2) is 48.7 Å². The second kappa shape index (κ2) is 9.04. The van der Waals surface area contributed by atoms with Gasteiger partial charge >= 0.3 is 0 Å². The van der Waals surface area contributed by atoms with Crippen molar-refractivity contribution < 1.29 is 19.0 Å². The molecule has 4 rings (SSSR count). The molecule has 1 aliphatic rings. The predicted molar refractivity (Wildman–Crippen MR) is 124 cm³/mol. The van der Waals surface area contributed by atoms with Crippen LogP contribution in [0.25, 0.3) is 10.9 Å². The Morgan fingerprint density at radius 2 is 1.91 bits per heavy atom. The molecule has 0 bridgehead atoms. The van der Waals surface area contributed by atoms with E-state index >= 15 is 0 Å². The number of pyridine rings is 1. The van der Waals surface area contributed by atoms with Crippen molar-refractivity contribution in [1.82, 2.24) is 15.2 Å². The minimum atomic E-state index is -0.459. The Labute approximate surface area is 188 Å². The number of hydrogen-bond donors (Lipinski definition) is 1. The molecule has 0 atom stereocenters. The van der Waals surface area contributed by atoms with Crippen LogP contribution < -0.4 is 19.5 Å². The van der Waals surface area contributed by atoms with Gasteiger partial charge in [-0.15, -0.1) is 0 Å². The van der Waals surface area contributed by atoms with E-state index in [1.807, 2.05) is 49.3 Å². The first kappa shape index (κ1) is 21.9. The zero-order valence-electron chi connectivity index (χ0n) is 19.0. The van der Waals surface area contributed by atoms with Gasteiger partial charge in [0.15, 0.2) is 0 Å². The van der Waals surface area contributed by atoms with Crippen LogP contribution in [0.3, 0.4) is 0 Å². The summed E-state index contributed by atoms with van der Waals surface area (Å²) in [7, 11) is 7.18. The number of carbonyl (C=O) groups is 1. The molecule has 0 unspecified atom stereocenters. The van der Waals surface area contributed by atoms with E-state index < -0.39 is 5.54 Å². The Hall–Kier alpha value is -3.32. The van der Waals surface area contributed by atoms with Crippen molar-refractivity contribution >= 4 is 16.8 Å². The van der Waals surface area contributed by atoms with E-state index in [4.69, 9.17) is 14.2 Å². The summed E-state index contributed by atoms with van der Waals surface area (Å²) in [6.45, 7) is 1.32. The molecule has 0 saturated heterocycles. The molecule has 1 saturated carbocycles. The first-order valence-corrected chi connectivity index (χ1v) is 10.7. The largest absolute Gasteiger partial charge is 0.497 e. The summed E-state index contributed by atoms with van der Waals surface area (Å²) >= 11 is 0. The molecule has 1 N–H and O–H groups in total. The summed E-state index contributed by atoms with van der Waals surface area (Å²) < 4.78 is 16.8. The van der Waals surface area contributed by atoms with Crippen molar-refractivity contribution in [3.8, 4) is 17.2 Å². The van der Waals surface area contributed by atoms with E-state index in [0.717, 1.165) is 41.6 Å². The Morgan fingerprint density at radius 1 is 1.09 bits per heavy atom. The highest BCUT2D eigenvalue weighted by Crippen LogP contribution is 2.49. The number of nitrogens with zero attached hydrogens (tertiary/aromatic N) is 2. The minimum Gasteiger partial charge on any atom is -0.497 e. The number of methoxy groups -OCH3 is 2. The summed E-state index contributed by atoms with van der Waals surface area (Å²) in [5.74, 6) is 1.67. The number of amides is 1. The second-order valence-electron chi connectivity index (χ2n) is 8.30. The molecule has 168 valence electrons. The minimum absolute atomic E-state index is 0.197. The van der Waals surface area contributed by atoms with Gasteiger partial charge < -0.3 is 24.4 Å². The van der Waals surface area contributed by atoms with Gasteiger partial charge in [-0.25, -0.2) is 0 Å². The van der Waals surface area contributed by atoms with Gasteiger partial charge in [-0.3, -0.25) is 9.78 Å². The first-order valence-electron chi connectivity index (χ1n) is 10.7. The van der Waals surface area contributed by atoms with Gasteiger partial charge in [0.2, 0.25) is 0 Å². The number of aromatic nitrogens is 1. The summed E-state index contributed by atoms with van der Waals surface area (Å²) in [4.78, 5) is 19.9. The van der Waals surface area contributed by atoms with Crippen molar-refractivity contribution in [3.05, 3.63) is 59.8 Å². The molecular formula is C25H29N3O4. The van der Waals surface area contributed by atoms with Gasteiger partial charge in [0.25, 0.3) is 5.91 Å². The van der Waals surface area contributed by atoms with E-state index in [9.17, 15) is 4.79 Å². The molecule has 1 heterocycles. The standard InChI is InChI=1S/C25H29N3O4/c1-28(2)12-13-32-17-7-8-23(31-4)20(14-17)24(29)27-25(9-10-25)21-15-18(30-3)16-22-19(21)6-5-11-26-22/h5-8,11,14-16H,9-10,12-13H2,1-4H3,(H,27,29). The Balaban J connectivity index is 1.62. The molecule has 1 aromatic heterocycles. The van der Waals surface area contributed by atoms with Crippen molar-refractivity contribution in [2.75, 3.05) is 41.5 Å². The molecule has 32 heavy (non-hydrogen) atoms. The fraction of sp³-hybridized carbons (Fsp3) is 0.360. The van der Waals surface area contributed by atoms with Gasteiger partial charge in [-0.05, 0) is 62.8 Å². The van der Waals surface area contributed by atoms with E-state index in [1.165, 1.54) is 0 Å². The Bertz CT molecular complexity index is 1130. The van der Waals surface area contributed by atoms with E-state index in [0.29, 0.717) is 23.7 Å². The molecule has 7 heteroatoms. The summed E-state index contributed by atoms with van der Waals surface area (Å²) in [5, 5.41) is 4.27. The van der Waals surface area contributed by atoms with E-state index in [1.54, 1.807) is 32.5 Å². The third-order valence-corrected chi connectivity index (χ3v) is 5.77. The maximum absolute atomic E-state index is 13.4. The number of rotatable bonds is 9. The quantitative estimate of drug-likeness (QED) is 0.554. The lowest BCUT2D eigenvalue weighted by atomic mass is 9.98. The molecule has 2 aromatic carbocycles. The van der Waals surface area contributed by atoms with Crippen LogP contribution in [0.1, 0.15) is 28.8 Å². The van der Waals surface area contributed by atoms with E-state index in [-0.39, 0.29) is 5.91 Å². The van der Waals surface area contributed by atoms with Gasteiger partial charge in [0.1, 0.15) is 23.9 Å². The zero-order valence-corrected chi connectivity index (χ0v) is 19.0. The summed E-state index contributed by atoms with van der Waals surface area (Å²) in [6, 6.07) is 13.2. The van der Waals surface area contributed by atoms with Gasteiger partial charge in [-0.1, -0.05) is 6.07 Å². The molecule has 0 radical (unpaired) electrons. The number of nitrogens with one attached hydrogen (secondary N) is 1. The smallest absolute Gasteiger partial charge is 0.255 e.